The van der Waals surface area contributed by atoms with Crippen LogP contribution in [0.15, 0.2) is 42.7 Å². The van der Waals surface area contributed by atoms with Crippen molar-refractivity contribution in [3.8, 4) is 0 Å². The molecular formula is C19H21FN2O2. The summed E-state index contributed by atoms with van der Waals surface area (Å²) in [6.45, 7) is 3.06. The Kier molecular flexibility index (Phi) is 5.20. The third kappa shape index (κ3) is 3.79. The molecule has 1 saturated heterocycles. The van der Waals surface area contributed by atoms with E-state index < -0.39 is 0 Å². The van der Waals surface area contributed by atoms with Crippen LogP contribution >= 0.6 is 0 Å². The first-order valence-corrected chi connectivity index (χ1v) is 8.20. The number of rotatable bonds is 4. The first kappa shape index (κ1) is 16.6. The summed E-state index contributed by atoms with van der Waals surface area (Å²) >= 11 is 0. The van der Waals surface area contributed by atoms with Gasteiger partial charge in [-0.25, -0.2) is 4.39 Å². The summed E-state index contributed by atoms with van der Waals surface area (Å²) in [7, 11) is 0. The molecule has 1 aliphatic heterocycles. The molecule has 1 unspecified atom stereocenters. The van der Waals surface area contributed by atoms with E-state index >= 15 is 0 Å². The monoisotopic (exact) mass is 328 g/mol. The van der Waals surface area contributed by atoms with Gasteiger partial charge in [-0.05, 0) is 55.0 Å². The maximum absolute atomic E-state index is 13.7. The summed E-state index contributed by atoms with van der Waals surface area (Å²) in [5.74, 6) is -0.358. The second kappa shape index (κ2) is 7.53. The van der Waals surface area contributed by atoms with Crippen molar-refractivity contribution in [2.75, 3.05) is 13.2 Å². The zero-order valence-electron chi connectivity index (χ0n) is 13.7. The van der Waals surface area contributed by atoms with Crippen molar-refractivity contribution < 1.29 is 13.9 Å². The second-order valence-corrected chi connectivity index (χ2v) is 6.15. The Morgan fingerprint density at radius 2 is 2.12 bits per heavy atom. The molecule has 0 saturated carbocycles. The standard InChI is InChI=1S/C19H21FN2O2/c1-13-4-5-15(11-17(13)20)19(23)22-18(14-6-9-24-10-7-14)16-3-2-8-21-12-16/h2-5,8,11-12,14,18H,6-7,9-10H2,1H3,(H,22,23). The molecule has 1 aromatic heterocycles. The molecule has 1 aliphatic rings. The third-order valence-electron chi connectivity index (χ3n) is 4.50. The molecule has 1 atom stereocenters. The van der Waals surface area contributed by atoms with Crippen LogP contribution in [0.2, 0.25) is 0 Å². The lowest BCUT2D eigenvalue weighted by molar-refractivity contribution is 0.0513. The zero-order chi connectivity index (χ0) is 16.9. The Bertz CT molecular complexity index is 700. The number of aromatic nitrogens is 1. The van der Waals surface area contributed by atoms with E-state index in [-0.39, 0.29) is 23.7 Å². The van der Waals surface area contributed by atoms with Crippen LogP contribution in [-0.2, 0) is 4.74 Å². The molecule has 5 heteroatoms. The predicted octanol–water partition coefficient (Wildman–Crippen LogP) is 3.43. The zero-order valence-corrected chi connectivity index (χ0v) is 13.7. The smallest absolute Gasteiger partial charge is 0.251 e. The number of halogens is 1. The molecule has 0 spiro atoms. The summed E-state index contributed by atoms with van der Waals surface area (Å²) in [6, 6.07) is 8.23. The molecular weight excluding hydrogens is 307 g/mol. The molecule has 4 nitrogen and oxygen atoms in total. The minimum absolute atomic E-state index is 0.153. The summed E-state index contributed by atoms with van der Waals surface area (Å²) in [5, 5.41) is 3.06. The minimum atomic E-state index is -0.369. The fourth-order valence-electron chi connectivity index (χ4n) is 3.04. The van der Waals surface area contributed by atoms with E-state index in [9.17, 15) is 9.18 Å². The number of nitrogens with one attached hydrogen (secondary N) is 1. The van der Waals surface area contributed by atoms with Crippen LogP contribution in [0.4, 0.5) is 4.39 Å². The topological polar surface area (TPSA) is 51.2 Å². The number of ether oxygens (including phenoxy) is 1. The normalized spacial score (nSPS) is 16.6. The van der Waals surface area contributed by atoms with Crippen LogP contribution in [0.3, 0.4) is 0 Å². The van der Waals surface area contributed by atoms with E-state index in [0.717, 1.165) is 18.4 Å². The quantitative estimate of drug-likeness (QED) is 0.935. The third-order valence-corrected chi connectivity index (χ3v) is 4.50. The van der Waals surface area contributed by atoms with Gasteiger partial charge in [-0.15, -0.1) is 0 Å². The van der Waals surface area contributed by atoms with Crippen LogP contribution in [-0.4, -0.2) is 24.1 Å². The van der Waals surface area contributed by atoms with Gasteiger partial charge in [-0.1, -0.05) is 12.1 Å². The van der Waals surface area contributed by atoms with Crippen molar-refractivity contribution in [1.29, 1.82) is 0 Å². The number of hydrogen-bond donors (Lipinski definition) is 1. The highest BCUT2D eigenvalue weighted by atomic mass is 19.1. The molecule has 3 rings (SSSR count). The summed E-state index contributed by atoms with van der Waals surface area (Å²) in [4.78, 5) is 16.8. The molecule has 2 aromatic rings. The molecule has 0 bridgehead atoms. The maximum atomic E-state index is 13.7. The molecule has 1 aromatic carbocycles. The molecule has 24 heavy (non-hydrogen) atoms. The lowest BCUT2D eigenvalue weighted by atomic mass is 9.87. The number of benzene rings is 1. The van der Waals surface area contributed by atoms with Gasteiger partial charge in [0.05, 0.1) is 6.04 Å². The van der Waals surface area contributed by atoms with E-state index in [1.165, 1.54) is 6.07 Å². The van der Waals surface area contributed by atoms with Gasteiger partial charge in [0.1, 0.15) is 5.82 Å². The Morgan fingerprint density at radius 1 is 1.33 bits per heavy atom. The second-order valence-electron chi connectivity index (χ2n) is 6.15. The van der Waals surface area contributed by atoms with Crippen molar-refractivity contribution in [3.05, 3.63) is 65.2 Å². The Morgan fingerprint density at radius 3 is 2.79 bits per heavy atom. The molecule has 0 radical (unpaired) electrons. The molecule has 126 valence electrons. The average molecular weight is 328 g/mol. The van der Waals surface area contributed by atoms with Gasteiger partial charge in [-0.2, -0.15) is 0 Å². The first-order valence-electron chi connectivity index (χ1n) is 8.20. The van der Waals surface area contributed by atoms with Gasteiger partial charge in [-0.3, -0.25) is 9.78 Å². The fraction of sp³-hybridized carbons (Fsp3) is 0.368. The maximum Gasteiger partial charge on any atom is 0.251 e. The highest BCUT2D eigenvalue weighted by Gasteiger charge is 2.27. The lowest BCUT2D eigenvalue weighted by Gasteiger charge is -2.31. The molecule has 1 amide bonds. The van der Waals surface area contributed by atoms with Crippen molar-refractivity contribution in [2.45, 2.75) is 25.8 Å². The van der Waals surface area contributed by atoms with E-state index in [0.29, 0.717) is 24.3 Å². The van der Waals surface area contributed by atoms with Crippen LogP contribution in [0.5, 0.6) is 0 Å². The summed E-state index contributed by atoms with van der Waals surface area (Å²) < 4.78 is 19.2. The number of carbonyl (C=O) groups excluding carboxylic acids is 1. The van der Waals surface area contributed by atoms with E-state index in [2.05, 4.69) is 10.3 Å². The average Bonchev–Trinajstić information content (AvgIpc) is 2.63. The van der Waals surface area contributed by atoms with Gasteiger partial charge < -0.3 is 10.1 Å². The van der Waals surface area contributed by atoms with E-state index in [1.54, 1.807) is 31.5 Å². The Labute approximate surface area is 141 Å². The molecule has 1 N–H and O–H groups in total. The SMILES string of the molecule is Cc1ccc(C(=O)NC(c2cccnc2)C2CCOCC2)cc1F. The van der Waals surface area contributed by atoms with Crippen LogP contribution < -0.4 is 5.32 Å². The number of pyridine rings is 1. The predicted molar refractivity (Wildman–Crippen MR) is 89.1 cm³/mol. The lowest BCUT2D eigenvalue weighted by Crippen LogP contribution is -2.36. The molecule has 0 aliphatic carbocycles. The summed E-state index contributed by atoms with van der Waals surface area (Å²) in [6.07, 6.45) is 5.24. The highest BCUT2D eigenvalue weighted by Crippen LogP contribution is 2.30. The fourth-order valence-corrected chi connectivity index (χ4v) is 3.04. The van der Waals surface area contributed by atoms with Crippen molar-refractivity contribution in [3.63, 3.8) is 0 Å². The van der Waals surface area contributed by atoms with Crippen molar-refractivity contribution in [1.82, 2.24) is 10.3 Å². The van der Waals surface area contributed by atoms with Gasteiger partial charge in [0.25, 0.3) is 5.91 Å². The van der Waals surface area contributed by atoms with Crippen LogP contribution in [0, 0.1) is 18.7 Å². The number of amides is 1. The van der Waals surface area contributed by atoms with Gasteiger partial charge in [0.15, 0.2) is 0 Å². The van der Waals surface area contributed by atoms with Crippen LogP contribution in [0.1, 0.15) is 40.4 Å². The van der Waals surface area contributed by atoms with Crippen molar-refractivity contribution in [2.24, 2.45) is 5.92 Å². The van der Waals surface area contributed by atoms with E-state index in [1.807, 2.05) is 12.1 Å². The van der Waals surface area contributed by atoms with Gasteiger partial charge in [0.2, 0.25) is 0 Å². The Hall–Kier alpha value is -2.27. The Balaban J connectivity index is 1.82. The largest absolute Gasteiger partial charge is 0.381 e. The van der Waals surface area contributed by atoms with Gasteiger partial charge in [0, 0.05) is 31.2 Å². The van der Waals surface area contributed by atoms with Crippen molar-refractivity contribution >= 4 is 5.91 Å². The summed E-state index contributed by atoms with van der Waals surface area (Å²) in [5.41, 5.74) is 1.82. The molecule has 2 heterocycles. The number of carbonyl (C=O) groups is 1. The minimum Gasteiger partial charge on any atom is -0.381 e. The highest BCUT2D eigenvalue weighted by molar-refractivity contribution is 5.94. The van der Waals surface area contributed by atoms with Gasteiger partial charge >= 0.3 is 0 Å². The number of aryl methyl sites for hydroxylation is 1. The number of hydrogen-bond acceptors (Lipinski definition) is 3. The van der Waals surface area contributed by atoms with E-state index in [4.69, 9.17) is 4.74 Å². The van der Waals surface area contributed by atoms with Crippen LogP contribution in [0.25, 0.3) is 0 Å². The number of nitrogens with zero attached hydrogens (tertiary/aromatic N) is 1. The molecule has 1 fully saturated rings. The first-order chi connectivity index (χ1) is 11.6.